The molecule has 2 aromatic heterocycles. The van der Waals surface area contributed by atoms with Gasteiger partial charge in [0.25, 0.3) is 5.91 Å². The highest BCUT2D eigenvalue weighted by Crippen LogP contribution is 2.24. The number of carboxylic acids is 1. The van der Waals surface area contributed by atoms with E-state index in [-0.39, 0.29) is 11.7 Å². The Labute approximate surface area is 150 Å². The largest absolute Gasteiger partial charge is 0.475 e. The van der Waals surface area contributed by atoms with Crippen LogP contribution in [0.15, 0.2) is 34.9 Å². The van der Waals surface area contributed by atoms with Gasteiger partial charge in [0.05, 0.1) is 17.5 Å². The van der Waals surface area contributed by atoms with Gasteiger partial charge in [-0.05, 0) is 36.6 Å². The van der Waals surface area contributed by atoms with Crippen molar-refractivity contribution >= 4 is 28.5 Å². The van der Waals surface area contributed by atoms with Crippen LogP contribution in [-0.2, 0) is 13.0 Å². The third-order valence-corrected chi connectivity index (χ3v) is 4.05. The summed E-state index contributed by atoms with van der Waals surface area (Å²) < 4.78 is 7.10. The Balaban J connectivity index is 1.84. The maximum atomic E-state index is 12.7. The maximum absolute atomic E-state index is 12.7. The van der Waals surface area contributed by atoms with Crippen molar-refractivity contribution in [3.05, 3.63) is 47.5 Å². The molecule has 2 N–H and O–H groups in total. The number of nitrogens with zero attached hydrogens (tertiary/aromatic N) is 2. The number of anilines is 1. The van der Waals surface area contributed by atoms with E-state index in [1.165, 1.54) is 6.07 Å². The van der Waals surface area contributed by atoms with E-state index in [0.717, 1.165) is 12.2 Å². The van der Waals surface area contributed by atoms with Crippen LogP contribution < -0.4 is 5.32 Å². The highest BCUT2D eigenvalue weighted by molar-refractivity contribution is 6.06. The molecular weight excluding hydrogens is 334 g/mol. The molecule has 0 saturated heterocycles. The lowest BCUT2D eigenvalue weighted by molar-refractivity contribution is 0.0665. The summed E-state index contributed by atoms with van der Waals surface area (Å²) in [5, 5.41) is 16.8. The molecule has 0 aliphatic carbocycles. The van der Waals surface area contributed by atoms with Crippen molar-refractivity contribution in [3.8, 4) is 0 Å². The summed E-state index contributed by atoms with van der Waals surface area (Å²) in [5.41, 5.74) is 2.47. The average Bonchev–Trinajstić information content (AvgIpc) is 3.17. The van der Waals surface area contributed by atoms with E-state index in [1.54, 1.807) is 24.4 Å². The number of nitrogens with one attached hydrogen (secondary N) is 1. The quantitative estimate of drug-likeness (QED) is 0.701. The van der Waals surface area contributed by atoms with Crippen molar-refractivity contribution in [2.75, 3.05) is 5.32 Å². The van der Waals surface area contributed by atoms with E-state index in [9.17, 15) is 9.59 Å². The molecule has 0 saturated carbocycles. The van der Waals surface area contributed by atoms with Crippen molar-refractivity contribution in [1.82, 2.24) is 9.78 Å². The lowest BCUT2D eigenvalue weighted by Crippen LogP contribution is -2.15. The van der Waals surface area contributed by atoms with Gasteiger partial charge in [-0.2, -0.15) is 5.10 Å². The van der Waals surface area contributed by atoms with Crippen LogP contribution >= 0.6 is 0 Å². The summed E-state index contributed by atoms with van der Waals surface area (Å²) in [4.78, 5) is 23.7. The highest BCUT2D eigenvalue weighted by atomic mass is 16.4. The molecule has 0 radical (unpaired) electrons. The van der Waals surface area contributed by atoms with Gasteiger partial charge in [0, 0.05) is 17.6 Å². The first-order valence-corrected chi connectivity index (χ1v) is 8.52. The summed E-state index contributed by atoms with van der Waals surface area (Å²) >= 11 is 0. The second-order valence-corrected chi connectivity index (χ2v) is 6.56. The third kappa shape index (κ3) is 3.46. The van der Waals surface area contributed by atoms with Crippen LogP contribution in [0.25, 0.3) is 11.0 Å². The monoisotopic (exact) mass is 355 g/mol. The molecule has 3 aromatic rings. The number of amides is 1. The zero-order valence-electron chi connectivity index (χ0n) is 14.9. The average molecular weight is 355 g/mol. The van der Waals surface area contributed by atoms with E-state index in [2.05, 4.69) is 24.3 Å². The molecule has 136 valence electrons. The minimum atomic E-state index is -1.13. The standard InChI is InChI=1S/C19H21N3O4/c1-4-15-14(9-20-22(15)10-11(2)3)18(23)21-13-5-6-16-12(7-13)8-17(26-16)19(24)25/h5-9,11H,4,10H2,1-3H3,(H,21,23)(H,24,25). The van der Waals surface area contributed by atoms with Crippen LogP contribution in [0.1, 0.15) is 47.4 Å². The first-order chi connectivity index (χ1) is 12.4. The van der Waals surface area contributed by atoms with Gasteiger partial charge in [-0.3, -0.25) is 9.48 Å². The van der Waals surface area contributed by atoms with Crippen molar-refractivity contribution in [3.63, 3.8) is 0 Å². The SMILES string of the molecule is CCc1c(C(=O)Nc2ccc3oc(C(=O)O)cc3c2)cnn1CC(C)C. The Morgan fingerprint density at radius 2 is 2.08 bits per heavy atom. The number of furan rings is 1. The molecule has 7 nitrogen and oxygen atoms in total. The Hall–Kier alpha value is -3.09. The van der Waals surface area contributed by atoms with Crippen molar-refractivity contribution in [2.45, 2.75) is 33.7 Å². The molecule has 0 unspecified atom stereocenters. The van der Waals surface area contributed by atoms with E-state index in [1.807, 2.05) is 11.6 Å². The van der Waals surface area contributed by atoms with Gasteiger partial charge in [0.1, 0.15) is 5.58 Å². The fraction of sp³-hybridized carbons (Fsp3) is 0.316. The topological polar surface area (TPSA) is 97.4 Å². The first-order valence-electron chi connectivity index (χ1n) is 8.52. The van der Waals surface area contributed by atoms with Gasteiger partial charge in [0.2, 0.25) is 5.76 Å². The number of carboxylic acid groups (broad SMARTS) is 1. The smallest absolute Gasteiger partial charge is 0.371 e. The molecule has 3 rings (SSSR count). The number of benzene rings is 1. The molecule has 0 aliphatic heterocycles. The molecule has 1 amide bonds. The number of rotatable bonds is 6. The lowest BCUT2D eigenvalue weighted by atomic mass is 10.1. The van der Waals surface area contributed by atoms with Gasteiger partial charge in [-0.15, -0.1) is 0 Å². The van der Waals surface area contributed by atoms with Gasteiger partial charge < -0.3 is 14.8 Å². The fourth-order valence-electron chi connectivity index (χ4n) is 2.90. The summed E-state index contributed by atoms with van der Waals surface area (Å²) in [6.07, 6.45) is 2.30. The Morgan fingerprint density at radius 1 is 1.31 bits per heavy atom. The molecule has 0 fully saturated rings. The molecular formula is C19H21N3O4. The minimum absolute atomic E-state index is 0.133. The number of aromatic nitrogens is 2. The molecule has 0 aliphatic rings. The molecule has 0 atom stereocenters. The van der Waals surface area contributed by atoms with E-state index in [0.29, 0.717) is 34.6 Å². The molecule has 0 bridgehead atoms. The number of carbonyl (C=O) groups is 2. The number of hydrogen-bond donors (Lipinski definition) is 2. The lowest BCUT2D eigenvalue weighted by Gasteiger charge is -2.10. The van der Waals surface area contributed by atoms with Gasteiger partial charge in [-0.25, -0.2) is 4.79 Å². The van der Waals surface area contributed by atoms with Crippen LogP contribution in [-0.4, -0.2) is 26.8 Å². The predicted molar refractivity (Wildman–Crippen MR) is 97.6 cm³/mol. The maximum Gasteiger partial charge on any atom is 0.371 e. The van der Waals surface area contributed by atoms with Gasteiger partial charge in [-0.1, -0.05) is 20.8 Å². The van der Waals surface area contributed by atoms with Gasteiger partial charge in [0.15, 0.2) is 0 Å². The molecule has 2 heterocycles. The number of hydrogen-bond acceptors (Lipinski definition) is 4. The van der Waals surface area contributed by atoms with Crippen molar-refractivity contribution in [2.24, 2.45) is 5.92 Å². The third-order valence-electron chi connectivity index (χ3n) is 4.05. The van der Waals surface area contributed by atoms with Crippen LogP contribution in [0.4, 0.5) is 5.69 Å². The summed E-state index contributed by atoms with van der Waals surface area (Å²) in [6, 6.07) is 6.44. The Morgan fingerprint density at radius 3 is 2.73 bits per heavy atom. The second kappa shape index (κ2) is 7.03. The van der Waals surface area contributed by atoms with E-state index < -0.39 is 5.97 Å². The molecule has 1 aromatic carbocycles. The molecule has 7 heteroatoms. The number of aromatic carboxylic acids is 1. The highest BCUT2D eigenvalue weighted by Gasteiger charge is 2.17. The van der Waals surface area contributed by atoms with Crippen LogP contribution in [0.5, 0.6) is 0 Å². The molecule has 26 heavy (non-hydrogen) atoms. The minimum Gasteiger partial charge on any atom is -0.475 e. The molecule has 0 spiro atoms. The van der Waals surface area contributed by atoms with Crippen LogP contribution in [0, 0.1) is 5.92 Å². The zero-order chi connectivity index (χ0) is 18.8. The first kappa shape index (κ1) is 17.7. The zero-order valence-corrected chi connectivity index (χ0v) is 14.9. The van der Waals surface area contributed by atoms with Crippen molar-refractivity contribution in [1.29, 1.82) is 0 Å². The number of carbonyl (C=O) groups excluding carboxylic acids is 1. The normalized spacial score (nSPS) is 11.2. The summed E-state index contributed by atoms with van der Waals surface area (Å²) in [7, 11) is 0. The second-order valence-electron chi connectivity index (χ2n) is 6.56. The summed E-state index contributed by atoms with van der Waals surface area (Å²) in [6.45, 7) is 6.96. The predicted octanol–water partition coefficient (Wildman–Crippen LogP) is 3.80. The Kier molecular flexibility index (Phi) is 4.79. The van der Waals surface area contributed by atoms with E-state index >= 15 is 0 Å². The van der Waals surface area contributed by atoms with Crippen molar-refractivity contribution < 1.29 is 19.1 Å². The Bertz CT molecular complexity index is 968. The number of fused-ring (bicyclic) bond motifs is 1. The van der Waals surface area contributed by atoms with Gasteiger partial charge >= 0.3 is 5.97 Å². The van der Waals surface area contributed by atoms with Crippen LogP contribution in [0.2, 0.25) is 0 Å². The van der Waals surface area contributed by atoms with Crippen LogP contribution in [0.3, 0.4) is 0 Å². The fourth-order valence-corrected chi connectivity index (χ4v) is 2.90. The summed E-state index contributed by atoms with van der Waals surface area (Å²) in [5.74, 6) is -1.06. The van der Waals surface area contributed by atoms with E-state index in [4.69, 9.17) is 9.52 Å².